The molecule has 4 heteroatoms. The van der Waals surface area contributed by atoms with Crippen LogP contribution in [-0.4, -0.2) is 71.4 Å². The molecule has 20 heavy (non-hydrogen) atoms. The van der Waals surface area contributed by atoms with Crippen molar-refractivity contribution in [2.75, 3.05) is 32.8 Å². The van der Waals surface area contributed by atoms with Gasteiger partial charge in [0, 0.05) is 49.8 Å². The molecule has 2 unspecified atom stereocenters. The number of rotatable bonds is 5. The Labute approximate surface area is 123 Å². The van der Waals surface area contributed by atoms with Crippen molar-refractivity contribution in [3.05, 3.63) is 0 Å². The van der Waals surface area contributed by atoms with Crippen LogP contribution in [0, 0.1) is 0 Å². The van der Waals surface area contributed by atoms with Gasteiger partial charge in [0.05, 0.1) is 6.61 Å². The van der Waals surface area contributed by atoms with E-state index >= 15 is 0 Å². The largest absolute Gasteiger partial charge is 0.394 e. The van der Waals surface area contributed by atoms with Crippen molar-refractivity contribution in [1.29, 1.82) is 0 Å². The van der Waals surface area contributed by atoms with Crippen LogP contribution in [0.1, 0.15) is 46.0 Å². The van der Waals surface area contributed by atoms with E-state index in [0.717, 1.165) is 18.9 Å². The Balaban J connectivity index is 1.51. The lowest BCUT2D eigenvalue weighted by Crippen LogP contribution is -2.53. The molecule has 1 saturated heterocycles. The van der Waals surface area contributed by atoms with Gasteiger partial charge in [0.25, 0.3) is 0 Å². The summed E-state index contributed by atoms with van der Waals surface area (Å²) in [5.41, 5.74) is -0.0214. The number of aliphatic hydroxyl groups excluding tert-OH is 1. The van der Waals surface area contributed by atoms with Crippen LogP contribution in [0.25, 0.3) is 0 Å². The molecule has 2 N–H and O–H groups in total. The van der Waals surface area contributed by atoms with Gasteiger partial charge in [-0.1, -0.05) is 13.8 Å². The lowest BCUT2D eigenvalue weighted by Gasteiger charge is -2.39. The standard InChI is InChI=1S/C16H31N3O/c1-13(2)17-16(12-20)6-5-15(11-16)19-9-7-18(8-10-19)14-3-4-14/h13-15,17,20H,3-12H2,1-2H3. The third kappa shape index (κ3) is 3.19. The summed E-state index contributed by atoms with van der Waals surface area (Å²) in [7, 11) is 0. The van der Waals surface area contributed by atoms with Gasteiger partial charge in [0.15, 0.2) is 0 Å². The van der Waals surface area contributed by atoms with Crippen molar-refractivity contribution < 1.29 is 5.11 Å². The van der Waals surface area contributed by atoms with Gasteiger partial charge in [-0.3, -0.25) is 9.80 Å². The third-order valence-corrected chi connectivity index (χ3v) is 5.41. The molecule has 0 aromatic rings. The van der Waals surface area contributed by atoms with Gasteiger partial charge in [-0.05, 0) is 32.1 Å². The Bertz CT molecular complexity index is 324. The molecule has 0 amide bonds. The molecule has 0 spiro atoms. The van der Waals surface area contributed by atoms with Crippen LogP contribution in [0.4, 0.5) is 0 Å². The Kier molecular flexibility index (Phi) is 4.37. The van der Waals surface area contributed by atoms with Gasteiger partial charge in [0.1, 0.15) is 0 Å². The normalized spacial score (nSPS) is 36.9. The number of hydrogen-bond donors (Lipinski definition) is 2. The molecule has 0 radical (unpaired) electrons. The van der Waals surface area contributed by atoms with E-state index in [-0.39, 0.29) is 12.1 Å². The number of aliphatic hydroxyl groups is 1. The quantitative estimate of drug-likeness (QED) is 0.790. The zero-order valence-electron chi connectivity index (χ0n) is 13.1. The fourth-order valence-corrected chi connectivity index (χ4v) is 4.25. The lowest BCUT2D eigenvalue weighted by atomic mass is 9.97. The van der Waals surface area contributed by atoms with E-state index < -0.39 is 0 Å². The molecule has 1 heterocycles. The van der Waals surface area contributed by atoms with Crippen molar-refractivity contribution in [3.8, 4) is 0 Å². The summed E-state index contributed by atoms with van der Waals surface area (Å²) in [6, 6.07) is 2.04. The zero-order chi connectivity index (χ0) is 14.2. The van der Waals surface area contributed by atoms with Crippen molar-refractivity contribution in [1.82, 2.24) is 15.1 Å². The Morgan fingerprint density at radius 1 is 1.05 bits per heavy atom. The predicted octanol–water partition coefficient (Wildman–Crippen LogP) is 1.05. The Hall–Kier alpha value is -0.160. The zero-order valence-corrected chi connectivity index (χ0v) is 13.1. The minimum absolute atomic E-state index is 0.0214. The van der Waals surface area contributed by atoms with E-state index in [1.165, 1.54) is 45.4 Å². The molecule has 3 rings (SSSR count). The first-order chi connectivity index (χ1) is 9.62. The van der Waals surface area contributed by atoms with Crippen LogP contribution in [0.15, 0.2) is 0 Å². The van der Waals surface area contributed by atoms with E-state index in [9.17, 15) is 5.11 Å². The van der Waals surface area contributed by atoms with Gasteiger partial charge in [-0.15, -0.1) is 0 Å². The molecule has 2 saturated carbocycles. The van der Waals surface area contributed by atoms with E-state index in [0.29, 0.717) is 12.1 Å². The summed E-state index contributed by atoms with van der Waals surface area (Å²) < 4.78 is 0. The second kappa shape index (κ2) is 5.91. The molecule has 0 aromatic heterocycles. The fourth-order valence-electron chi connectivity index (χ4n) is 4.25. The number of piperazine rings is 1. The summed E-state index contributed by atoms with van der Waals surface area (Å²) in [5.74, 6) is 0. The fraction of sp³-hybridized carbons (Fsp3) is 1.00. The highest BCUT2D eigenvalue weighted by molar-refractivity contribution is 5.01. The minimum atomic E-state index is -0.0214. The molecule has 3 fully saturated rings. The Morgan fingerprint density at radius 3 is 2.15 bits per heavy atom. The van der Waals surface area contributed by atoms with Crippen LogP contribution >= 0.6 is 0 Å². The maximum Gasteiger partial charge on any atom is 0.0614 e. The number of nitrogens with one attached hydrogen (secondary N) is 1. The molecular formula is C16H31N3O. The van der Waals surface area contributed by atoms with Crippen LogP contribution in [0.5, 0.6) is 0 Å². The molecule has 2 aliphatic carbocycles. The van der Waals surface area contributed by atoms with Gasteiger partial charge in [-0.25, -0.2) is 0 Å². The summed E-state index contributed by atoms with van der Waals surface area (Å²) in [6.07, 6.45) is 6.33. The van der Waals surface area contributed by atoms with Gasteiger partial charge < -0.3 is 10.4 Å². The van der Waals surface area contributed by atoms with Crippen LogP contribution in [0.3, 0.4) is 0 Å². The van der Waals surface area contributed by atoms with Gasteiger partial charge in [-0.2, -0.15) is 0 Å². The number of hydrogen-bond acceptors (Lipinski definition) is 4. The molecule has 1 aliphatic heterocycles. The lowest BCUT2D eigenvalue weighted by molar-refractivity contribution is 0.0832. The van der Waals surface area contributed by atoms with Crippen molar-refractivity contribution in [3.63, 3.8) is 0 Å². The van der Waals surface area contributed by atoms with Gasteiger partial charge >= 0.3 is 0 Å². The maximum atomic E-state index is 9.82. The smallest absolute Gasteiger partial charge is 0.0614 e. The van der Waals surface area contributed by atoms with E-state index in [1.807, 2.05) is 0 Å². The average Bonchev–Trinajstić information content (AvgIpc) is 3.21. The summed E-state index contributed by atoms with van der Waals surface area (Å²) in [4.78, 5) is 5.36. The van der Waals surface area contributed by atoms with E-state index in [2.05, 4.69) is 29.0 Å². The molecule has 2 atom stereocenters. The molecule has 3 aliphatic rings. The van der Waals surface area contributed by atoms with Crippen LogP contribution < -0.4 is 5.32 Å². The second-order valence-corrected chi connectivity index (χ2v) is 7.44. The molecule has 116 valence electrons. The summed E-state index contributed by atoms with van der Waals surface area (Å²) >= 11 is 0. The number of nitrogens with zero attached hydrogens (tertiary/aromatic N) is 2. The highest BCUT2D eigenvalue weighted by Crippen LogP contribution is 2.35. The topological polar surface area (TPSA) is 38.7 Å². The van der Waals surface area contributed by atoms with Crippen molar-refractivity contribution in [2.45, 2.75) is 69.6 Å². The SMILES string of the molecule is CC(C)NC1(CO)CCC(N2CCN(C3CC3)CC2)C1. The summed E-state index contributed by atoms with van der Waals surface area (Å²) in [5, 5.41) is 13.4. The first kappa shape index (κ1) is 14.8. The predicted molar refractivity (Wildman–Crippen MR) is 81.9 cm³/mol. The van der Waals surface area contributed by atoms with Crippen LogP contribution in [-0.2, 0) is 0 Å². The summed E-state index contributed by atoms with van der Waals surface area (Å²) in [6.45, 7) is 9.60. The monoisotopic (exact) mass is 281 g/mol. The average molecular weight is 281 g/mol. The first-order valence-electron chi connectivity index (χ1n) is 8.48. The van der Waals surface area contributed by atoms with Crippen LogP contribution in [0.2, 0.25) is 0 Å². The van der Waals surface area contributed by atoms with Gasteiger partial charge in [0.2, 0.25) is 0 Å². The highest BCUT2D eigenvalue weighted by atomic mass is 16.3. The molecule has 4 nitrogen and oxygen atoms in total. The molecule has 0 aromatic carbocycles. The van der Waals surface area contributed by atoms with Crippen molar-refractivity contribution in [2.24, 2.45) is 0 Å². The highest BCUT2D eigenvalue weighted by Gasteiger charge is 2.42. The molecular weight excluding hydrogens is 250 g/mol. The first-order valence-corrected chi connectivity index (χ1v) is 8.48. The third-order valence-electron chi connectivity index (χ3n) is 5.41. The Morgan fingerprint density at radius 2 is 1.65 bits per heavy atom. The van der Waals surface area contributed by atoms with E-state index in [4.69, 9.17) is 0 Å². The maximum absolute atomic E-state index is 9.82. The minimum Gasteiger partial charge on any atom is -0.394 e. The molecule has 0 bridgehead atoms. The van der Waals surface area contributed by atoms with E-state index in [1.54, 1.807) is 0 Å². The van der Waals surface area contributed by atoms with Crippen molar-refractivity contribution >= 4 is 0 Å². The second-order valence-electron chi connectivity index (χ2n) is 7.44.